The first-order valence-electron chi connectivity index (χ1n) is 10.1. The molecule has 6 heteroatoms. The molecule has 27 heavy (non-hydrogen) atoms. The van der Waals surface area contributed by atoms with Gasteiger partial charge in [-0.1, -0.05) is 36.8 Å². The van der Waals surface area contributed by atoms with Gasteiger partial charge in [-0.25, -0.2) is 5.01 Å². The number of carbonyl (C=O) groups is 2. The minimum Gasteiger partial charge on any atom is -0.354 e. The average molecular weight is 370 g/mol. The van der Waals surface area contributed by atoms with Crippen LogP contribution in [0.4, 0.5) is 0 Å². The van der Waals surface area contributed by atoms with E-state index in [2.05, 4.69) is 22.2 Å². The van der Waals surface area contributed by atoms with Crippen molar-refractivity contribution in [3.63, 3.8) is 0 Å². The molecule has 0 spiro atoms. The molecular weight excluding hydrogens is 340 g/mol. The Kier molecular flexibility index (Phi) is 6.98. The molecule has 1 aromatic carbocycles. The molecule has 1 fully saturated rings. The quantitative estimate of drug-likeness (QED) is 0.750. The summed E-state index contributed by atoms with van der Waals surface area (Å²) in [6.07, 6.45) is 5.82. The van der Waals surface area contributed by atoms with Crippen LogP contribution in [0.5, 0.6) is 0 Å². The summed E-state index contributed by atoms with van der Waals surface area (Å²) in [7, 11) is 0. The monoisotopic (exact) mass is 370 g/mol. The van der Waals surface area contributed by atoms with Crippen LogP contribution >= 0.6 is 0 Å². The summed E-state index contributed by atoms with van der Waals surface area (Å²) in [6, 6.07) is 10.5. The topological polar surface area (TPSA) is 65.0 Å². The fourth-order valence-electron chi connectivity index (χ4n) is 3.75. The van der Waals surface area contributed by atoms with E-state index in [-0.39, 0.29) is 18.4 Å². The van der Waals surface area contributed by atoms with Gasteiger partial charge in [0.15, 0.2) is 0 Å². The zero-order valence-corrected chi connectivity index (χ0v) is 16.2. The number of hydrogen-bond acceptors (Lipinski definition) is 4. The largest absolute Gasteiger partial charge is 0.354 e. The molecule has 6 nitrogen and oxygen atoms in total. The Balaban J connectivity index is 1.44. The third-order valence-corrected chi connectivity index (χ3v) is 5.39. The van der Waals surface area contributed by atoms with Crippen LogP contribution in [0.25, 0.3) is 0 Å². The van der Waals surface area contributed by atoms with Crippen molar-refractivity contribution in [2.75, 3.05) is 26.2 Å². The molecule has 0 aliphatic carbocycles. The van der Waals surface area contributed by atoms with E-state index >= 15 is 0 Å². The van der Waals surface area contributed by atoms with E-state index in [1.165, 1.54) is 24.3 Å². The fourth-order valence-corrected chi connectivity index (χ4v) is 3.75. The highest BCUT2D eigenvalue weighted by atomic mass is 16.2. The predicted octanol–water partition coefficient (Wildman–Crippen LogP) is 2.39. The van der Waals surface area contributed by atoms with Gasteiger partial charge in [0.2, 0.25) is 11.8 Å². The molecule has 1 atom stereocenters. The Morgan fingerprint density at radius 3 is 2.81 bits per heavy atom. The lowest BCUT2D eigenvalue weighted by molar-refractivity contribution is -0.136. The predicted molar refractivity (Wildman–Crippen MR) is 106 cm³/mol. The number of rotatable bonds is 7. The summed E-state index contributed by atoms with van der Waals surface area (Å²) in [5, 5.41) is 8.66. The molecule has 0 aromatic heterocycles. The fraction of sp³-hybridized carbons (Fsp3) is 0.571. The number of hydrogen-bond donors (Lipinski definition) is 1. The van der Waals surface area contributed by atoms with Gasteiger partial charge < -0.3 is 10.2 Å². The maximum atomic E-state index is 12.2. The van der Waals surface area contributed by atoms with Crippen molar-refractivity contribution in [2.45, 2.75) is 51.5 Å². The molecule has 1 saturated heterocycles. The number of nitrogens with one attached hydrogen (secondary N) is 1. The minimum absolute atomic E-state index is 0.00468. The van der Waals surface area contributed by atoms with E-state index in [1.54, 1.807) is 0 Å². The number of piperidine rings is 1. The van der Waals surface area contributed by atoms with Crippen LogP contribution in [0.3, 0.4) is 0 Å². The lowest BCUT2D eigenvalue weighted by Crippen LogP contribution is -2.42. The highest BCUT2D eigenvalue weighted by Crippen LogP contribution is 2.16. The highest BCUT2D eigenvalue weighted by Gasteiger charge is 2.23. The first-order chi connectivity index (χ1) is 13.1. The summed E-state index contributed by atoms with van der Waals surface area (Å²) in [5.74, 6) is -0.236. The zero-order chi connectivity index (χ0) is 19.1. The first-order valence-corrected chi connectivity index (χ1v) is 10.1. The lowest BCUT2D eigenvalue weighted by atomic mass is 10.0. The van der Waals surface area contributed by atoms with E-state index in [0.717, 1.165) is 30.8 Å². The van der Waals surface area contributed by atoms with Crippen molar-refractivity contribution in [1.82, 2.24) is 15.2 Å². The Hall–Kier alpha value is -2.21. The molecular formula is C21H30N4O2. The van der Waals surface area contributed by atoms with E-state index in [0.29, 0.717) is 25.4 Å². The van der Waals surface area contributed by atoms with Crippen molar-refractivity contribution in [1.29, 1.82) is 0 Å². The zero-order valence-electron chi connectivity index (χ0n) is 16.2. The molecule has 1 aromatic rings. The molecule has 3 rings (SSSR count). The standard InChI is InChI=1S/C21H30N4O2/c1-17-8-5-6-14-24(17)15-7-13-22-20(26)16-25-21(27)12-11-19(23-25)18-9-3-2-4-10-18/h2-4,9-10,17H,5-8,11-16H2,1H3,(H,22,26). The van der Waals surface area contributed by atoms with Gasteiger partial charge in [0.25, 0.3) is 0 Å². The highest BCUT2D eigenvalue weighted by molar-refractivity contribution is 6.04. The van der Waals surface area contributed by atoms with Crippen molar-refractivity contribution >= 4 is 17.5 Å². The van der Waals surface area contributed by atoms with Crippen LogP contribution in [0.15, 0.2) is 35.4 Å². The number of amides is 2. The Morgan fingerprint density at radius 2 is 2.04 bits per heavy atom. The number of carbonyl (C=O) groups excluding carboxylic acids is 2. The molecule has 0 saturated carbocycles. The summed E-state index contributed by atoms with van der Waals surface area (Å²) >= 11 is 0. The molecule has 2 aliphatic rings. The third kappa shape index (κ3) is 5.63. The van der Waals surface area contributed by atoms with Gasteiger partial charge in [0.1, 0.15) is 6.54 Å². The van der Waals surface area contributed by atoms with Gasteiger partial charge in [-0.15, -0.1) is 0 Å². The second-order valence-electron chi connectivity index (χ2n) is 7.45. The molecule has 2 heterocycles. The first kappa shape index (κ1) is 19.5. The van der Waals surface area contributed by atoms with Gasteiger partial charge in [0.05, 0.1) is 5.71 Å². The number of hydrazone groups is 1. The van der Waals surface area contributed by atoms with E-state index in [9.17, 15) is 9.59 Å². The summed E-state index contributed by atoms with van der Waals surface area (Å²) in [4.78, 5) is 26.8. The maximum absolute atomic E-state index is 12.2. The molecule has 1 N–H and O–H groups in total. The number of nitrogens with zero attached hydrogens (tertiary/aromatic N) is 3. The van der Waals surface area contributed by atoms with Gasteiger partial charge in [-0.2, -0.15) is 5.10 Å². The van der Waals surface area contributed by atoms with E-state index < -0.39 is 0 Å². The smallest absolute Gasteiger partial charge is 0.243 e. The van der Waals surface area contributed by atoms with Crippen LogP contribution < -0.4 is 5.32 Å². The molecule has 0 radical (unpaired) electrons. The van der Waals surface area contributed by atoms with E-state index in [1.807, 2.05) is 30.3 Å². The Bertz CT molecular complexity index is 674. The Labute approximate surface area is 161 Å². The van der Waals surface area contributed by atoms with Crippen LogP contribution in [-0.4, -0.2) is 59.7 Å². The Morgan fingerprint density at radius 1 is 1.22 bits per heavy atom. The van der Waals surface area contributed by atoms with Crippen LogP contribution in [0.2, 0.25) is 0 Å². The summed E-state index contributed by atoms with van der Waals surface area (Å²) in [5.41, 5.74) is 1.87. The normalized spacial score (nSPS) is 21.1. The van der Waals surface area contributed by atoms with E-state index in [4.69, 9.17) is 0 Å². The van der Waals surface area contributed by atoms with Crippen LogP contribution in [-0.2, 0) is 9.59 Å². The molecule has 2 aliphatic heterocycles. The molecule has 0 bridgehead atoms. The van der Waals surface area contributed by atoms with Crippen LogP contribution in [0, 0.1) is 0 Å². The van der Waals surface area contributed by atoms with Crippen molar-refractivity contribution < 1.29 is 9.59 Å². The molecule has 146 valence electrons. The molecule has 2 amide bonds. The van der Waals surface area contributed by atoms with Gasteiger partial charge in [0, 0.05) is 32.0 Å². The van der Waals surface area contributed by atoms with Crippen molar-refractivity contribution in [3.8, 4) is 0 Å². The third-order valence-electron chi connectivity index (χ3n) is 5.39. The number of likely N-dealkylation sites (tertiary alicyclic amines) is 1. The van der Waals surface area contributed by atoms with Crippen LogP contribution in [0.1, 0.15) is 51.0 Å². The van der Waals surface area contributed by atoms with Gasteiger partial charge in [-0.3, -0.25) is 9.59 Å². The minimum atomic E-state index is -0.145. The second kappa shape index (κ2) is 9.65. The summed E-state index contributed by atoms with van der Waals surface area (Å²) in [6.45, 7) is 5.09. The van der Waals surface area contributed by atoms with Crippen molar-refractivity contribution in [3.05, 3.63) is 35.9 Å². The van der Waals surface area contributed by atoms with Crippen molar-refractivity contribution in [2.24, 2.45) is 5.10 Å². The average Bonchev–Trinajstić information content (AvgIpc) is 2.69. The number of benzene rings is 1. The maximum Gasteiger partial charge on any atom is 0.243 e. The van der Waals surface area contributed by atoms with Gasteiger partial charge >= 0.3 is 0 Å². The summed E-state index contributed by atoms with van der Waals surface area (Å²) < 4.78 is 0. The van der Waals surface area contributed by atoms with Gasteiger partial charge in [-0.05, 0) is 38.3 Å². The lowest BCUT2D eigenvalue weighted by Gasteiger charge is -2.33. The molecule has 1 unspecified atom stereocenters. The SMILES string of the molecule is CC1CCCCN1CCCNC(=O)CN1N=C(c2ccccc2)CCC1=O. The second-order valence-corrected chi connectivity index (χ2v) is 7.45.